The zero-order valence-corrected chi connectivity index (χ0v) is 26.1. The quantitative estimate of drug-likeness (QED) is 0.279. The Balaban J connectivity index is 1.08. The highest BCUT2D eigenvalue weighted by atomic mass is 35.5. The zero-order chi connectivity index (χ0) is 29.5. The molecule has 1 amide bonds. The Morgan fingerprint density at radius 1 is 0.952 bits per heavy atom. The summed E-state index contributed by atoms with van der Waals surface area (Å²) in [6.07, 6.45) is 2.81. The highest BCUT2D eigenvalue weighted by molar-refractivity contribution is 7.99. The number of likely N-dealkylation sites (tertiary alicyclic amines) is 1. The van der Waals surface area contributed by atoms with E-state index in [0.717, 1.165) is 79.8 Å². The van der Waals surface area contributed by atoms with Crippen molar-refractivity contribution in [3.05, 3.63) is 88.7 Å². The van der Waals surface area contributed by atoms with Crippen molar-refractivity contribution in [1.82, 2.24) is 14.7 Å². The van der Waals surface area contributed by atoms with Crippen LogP contribution in [-0.2, 0) is 17.8 Å². The molecule has 5 nitrogen and oxygen atoms in total. The molecule has 1 unspecified atom stereocenters. The number of halogens is 2. The number of thioether (sulfide) groups is 1. The van der Waals surface area contributed by atoms with Gasteiger partial charge in [-0.1, -0.05) is 61.0 Å². The van der Waals surface area contributed by atoms with Gasteiger partial charge in [0.05, 0.1) is 6.04 Å². The minimum Gasteiger partial charge on any atom is -0.339 e. The van der Waals surface area contributed by atoms with Crippen LogP contribution in [0.15, 0.2) is 71.6 Å². The summed E-state index contributed by atoms with van der Waals surface area (Å²) in [6.45, 7) is 8.71. The maximum Gasteiger partial charge on any atom is 0.239 e. The van der Waals surface area contributed by atoms with Crippen LogP contribution in [0.3, 0.4) is 0 Å². The van der Waals surface area contributed by atoms with Crippen molar-refractivity contribution in [2.45, 2.75) is 43.7 Å². The predicted octanol–water partition coefficient (Wildman–Crippen LogP) is 6.18. The number of amides is 1. The predicted molar refractivity (Wildman–Crippen MR) is 172 cm³/mol. The molecule has 0 bridgehead atoms. The molecule has 0 saturated carbocycles. The molecule has 0 radical (unpaired) electrons. The number of carbonyl (C=O) groups is 1. The molecule has 5 rings (SSSR count). The molecule has 2 fully saturated rings. The Kier molecular flexibility index (Phi) is 11.0. The summed E-state index contributed by atoms with van der Waals surface area (Å²) >= 11 is 8.04. The van der Waals surface area contributed by atoms with Gasteiger partial charge in [0.1, 0.15) is 5.82 Å². The van der Waals surface area contributed by atoms with Gasteiger partial charge in [-0.2, -0.15) is 0 Å². The van der Waals surface area contributed by atoms with Crippen molar-refractivity contribution in [2.75, 3.05) is 51.6 Å². The van der Waals surface area contributed by atoms with Gasteiger partial charge in [-0.3, -0.25) is 9.69 Å². The first kappa shape index (κ1) is 31.0. The lowest BCUT2D eigenvalue weighted by molar-refractivity contribution is -0.136. The summed E-state index contributed by atoms with van der Waals surface area (Å²) in [5.41, 5.74) is 11.4. The average Bonchev–Trinajstić information content (AvgIpc) is 3.02. The Labute approximate surface area is 259 Å². The Bertz CT molecular complexity index is 1330. The fraction of sp³-hybridized carbons (Fsp3) is 0.441. The van der Waals surface area contributed by atoms with Gasteiger partial charge in [0.25, 0.3) is 0 Å². The standard InChI is InChI=1S/C34H42ClFN4OS/c1-2-42-32-23-30(36)10-8-28(32)24-39-18-20-40(21-19-39)34(41)33(37)26-12-15-38(16-13-26)17-14-27-22-29(35)9-11-31(27)25-6-4-3-5-7-25/h3-11,22-23,26,33H,2,12-21,24,37H2,1H3. The molecule has 2 aliphatic heterocycles. The van der Waals surface area contributed by atoms with E-state index >= 15 is 0 Å². The fourth-order valence-corrected chi connectivity index (χ4v) is 7.23. The van der Waals surface area contributed by atoms with Crippen LogP contribution in [0.4, 0.5) is 4.39 Å². The number of hydrogen-bond acceptors (Lipinski definition) is 5. The van der Waals surface area contributed by atoms with E-state index in [-0.39, 0.29) is 17.6 Å². The third-order valence-corrected chi connectivity index (χ3v) is 9.90. The number of nitrogens with two attached hydrogens (primary N) is 1. The van der Waals surface area contributed by atoms with E-state index in [1.54, 1.807) is 23.9 Å². The first-order chi connectivity index (χ1) is 20.4. The van der Waals surface area contributed by atoms with Gasteiger partial charge in [0, 0.05) is 49.2 Å². The largest absolute Gasteiger partial charge is 0.339 e. The Morgan fingerprint density at radius 3 is 2.40 bits per heavy atom. The van der Waals surface area contributed by atoms with E-state index in [2.05, 4.69) is 53.1 Å². The van der Waals surface area contributed by atoms with Gasteiger partial charge < -0.3 is 15.5 Å². The third-order valence-electron chi connectivity index (χ3n) is 8.68. The van der Waals surface area contributed by atoms with E-state index in [9.17, 15) is 9.18 Å². The van der Waals surface area contributed by atoms with Crippen LogP contribution in [0.1, 0.15) is 30.9 Å². The van der Waals surface area contributed by atoms with Crippen LogP contribution in [0.5, 0.6) is 0 Å². The first-order valence-electron chi connectivity index (χ1n) is 15.2. The number of carbonyl (C=O) groups excluding carboxylic acids is 1. The first-order valence-corrected chi connectivity index (χ1v) is 16.5. The molecule has 2 heterocycles. The monoisotopic (exact) mass is 608 g/mol. The van der Waals surface area contributed by atoms with Crippen LogP contribution in [0, 0.1) is 11.7 Å². The zero-order valence-electron chi connectivity index (χ0n) is 24.5. The molecule has 0 spiro atoms. The van der Waals surface area contributed by atoms with Crippen molar-refractivity contribution in [3.8, 4) is 11.1 Å². The molecular weight excluding hydrogens is 567 g/mol. The van der Waals surface area contributed by atoms with Crippen LogP contribution >= 0.6 is 23.4 Å². The molecule has 8 heteroatoms. The van der Waals surface area contributed by atoms with Crippen molar-refractivity contribution >= 4 is 29.3 Å². The van der Waals surface area contributed by atoms with Gasteiger partial charge >= 0.3 is 0 Å². The fourth-order valence-electron chi connectivity index (χ4n) is 6.21. The molecule has 3 aromatic rings. The van der Waals surface area contributed by atoms with Gasteiger partial charge in [-0.15, -0.1) is 11.8 Å². The van der Waals surface area contributed by atoms with Crippen LogP contribution in [0.2, 0.25) is 5.02 Å². The summed E-state index contributed by atoms with van der Waals surface area (Å²) in [5, 5.41) is 0.768. The molecule has 2 saturated heterocycles. The van der Waals surface area contributed by atoms with E-state index < -0.39 is 6.04 Å². The highest BCUT2D eigenvalue weighted by Crippen LogP contribution is 2.29. The molecule has 42 heavy (non-hydrogen) atoms. The topological polar surface area (TPSA) is 52.8 Å². The Morgan fingerprint density at radius 2 is 1.69 bits per heavy atom. The number of piperidine rings is 1. The number of nitrogens with zero attached hydrogens (tertiary/aromatic N) is 3. The van der Waals surface area contributed by atoms with Crippen molar-refractivity contribution in [2.24, 2.45) is 11.7 Å². The van der Waals surface area contributed by atoms with Crippen molar-refractivity contribution < 1.29 is 9.18 Å². The van der Waals surface area contributed by atoms with E-state index in [0.29, 0.717) is 13.1 Å². The van der Waals surface area contributed by atoms with Gasteiger partial charge in [-0.25, -0.2) is 4.39 Å². The third kappa shape index (κ3) is 7.94. The molecule has 1 atom stereocenters. The molecule has 2 N–H and O–H groups in total. The Hall–Kier alpha value is -2.42. The van der Waals surface area contributed by atoms with Crippen molar-refractivity contribution in [3.63, 3.8) is 0 Å². The maximum absolute atomic E-state index is 13.7. The van der Waals surface area contributed by atoms with Crippen LogP contribution in [-0.4, -0.2) is 78.2 Å². The maximum atomic E-state index is 13.7. The second-order valence-corrected chi connectivity index (χ2v) is 13.2. The molecule has 2 aliphatic rings. The number of rotatable bonds is 10. The summed E-state index contributed by atoms with van der Waals surface area (Å²) < 4.78 is 13.7. The normalized spacial score (nSPS) is 17.9. The summed E-state index contributed by atoms with van der Waals surface area (Å²) in [7, 11) is 0. The highest BCUT2D eigenvalue weighted by Gasteiger charge is 2.32. The van der Waals surface area contributed by atoms with Gasteiger partial charge in [0.2, 0.25) is 5.91 Å². The van der Waals surface area contributed by atoms with Crippen LogP contribution < -0.4 is 5.73 Å². The summed E-state index contributed by atoms with van der Waals surface area (Å²) in [4.78, 5) is 21.1. The van der Waals surface area contributed by atoms with Gasteiger partial charge in [-0.05, 0) is 90.5 Å². The average molecular weight is 609 g/mol. The number of benzene rings is 3. The van der Waals surface area contributed by atoms with E-state index in [1.807, 2.05) is 23.1 Å². The SMILES string of the molecule is CCSc1cc(F)ccc1CN1CCN(C(=O)C(N)C2CCN(CCc3cc(Cl)ccc3-c3ccccc3)CC2)CC1. The molecule has 224 valence electrons. The van der Waals surface area contributed by atoms with Gasteiger partial charge in [0.15, 0.2) is 0 Å². The van der Waals surface area contributed by atoms with E-state index in [4.69, 9.17) is 17.3 Å². The second kappa shape index (κ2) is 14.8. The minimum absolute atomic E-state index is 0.0866. The van der Waals surface area contributed by atoms with Crippen LogP contribution in [0.25, 0.3) is 11.1 Å². The summed E-state index contributed by atoms with van der Waals surface area (Å²) in [5.74, 6) is 1.02. The molecule has 3 aromatic carbocycles. The molecule has 0 aromatic heterocycles. The number of hydrogen-bond donors (Lipinski definition) is 1. The lowest BCUT2D eigenvalue weighted by Gasteiger charge is -2.39. The second-order valence-electron chi connectivity index (χ2n) is 11.4. The lowest BCUT2D eigenvalue weighted by Crippen LogP contribution is -2.55. The van der Waals surface area contributed by atoms with Crippen molar-refractivity contribution in [1.29, 1.82) is 0 Å². The van der Waals surface area contributed by atoms with E-state index in [1.165, 1.54) is 16.7 Å². The minimum atomic E-state index is -0.444. The molecular formula is C34H42ClFN4OS. The number of piperazine rings is 1. The molecule has 0 aliphatic carbocycles. The smallest absolute Gasteiger partial charge is 0.239 e. The lowest BCUT2D eigenvalue weighted by atomic mass is 9.88. The summed E-state index contributed by atoms with van der Waals surface area (Å²) in [6, 6.07) is 21.3.